The van der Waals surface area contributed by atoms with Gasteiger partial charge in [-0.05, 0) is 43.3 Å². The smallest absolute Gasteiger partial charge is 0.254 e. The fraction of sp³-hybridized carbons (Fsp3) is 0.316. The molecule has 120 valence electrons. The molecule has 2 aromatic rings. The lowest BCUT2D eigenvalue weighted by Crippen LogP contribution is -2.54. The maximum absolute atomic E-state index is 12.7. The number of amides is 1. The third-order valence-electron chi connectivity index (χ3n) is 4.35. The van der Waals surface area contributed by atoms with Crippen LogP contribution in [-0.4, -0.2) is 43.6 Å². The van der Waals surface area contributed by atoms with Crippen molar-refractivity contribution in [1.82, 2.24) is 4.90 Å². The van der Waals surface area contributed by atoms with Crippen molar-refractivity contribution >= 4 is 11.6 Å². The number of hydrogen-bond acceptors (Lipinski definition) is 3. The monoisotopic (exact) mass is 310 g/mol. The quantitative estimate of drug-likeness (QED) is 0.873. The second-order valence-corrected chi connectivity index (χ2v) is 5.86. The maximum Gasteiger partial charge on any atom is 0.254 e. The predicted molar refractivity (Wildman–Crippen MR) is 92.1 cm³/mol. The summed E-state index contributed by atoms with van der Waals surface area (Å²) < 4.78 is 5.15. The first-order chi connectivity index (χ1) is 11.2. The predicted octanol–water partition coefficient (Wildman–Crippen LogP) is 3.05. The lowest BCUT2D eigenvalue weighted by molar-refractivity contribution is 0.0674. The third kappa shape index (κ3) is 3.31. The van der Waals surface area contributed by atoms with Gasteiger partial charge >= 0.3 is 0 Å². The molecule has 0 aliphatic carbocycles. The van der Waals surface area contributed by atoms with Crippen LogP contribution in [0.2, 0.25) is 0 Å². The molecular weight excluding hydrogens is 288 g/mol. The van der Waals surface area contributed by atoms with Gasteiger partial charge in [-0.25, -0.2) is 0 Å². The fourth-order valence-electron chi connectivity index (χ4n) is 3.03. The van der Waals surface area contributed by atoms with E-state index in [-0.39, 0.29) is 11.9 Å². The molecular formula is C19H22N2O2. The Balaban J connectivity index is 1.69. The summed E-state index contributed by atoms with van der Waals surface area (Å²) in [6, 6.07) is 17.9. The molecule has 4 heteroatoms. The van der Waals surface area contributed by atoms with Gasteiger partial charge in [0.25, 0.3) is 5.91 Å². The van der Waals surface area contributed by atoms with E-state index in [4.69, 9.17) is 4.74 Å². The molecule has 1 atom stereocenters. The molecule has 0 radical (unpaired) electrons. The van der Waals surface area contributed by atoms with Crippen LogP contribution in [0.1, 0.15) is 17.3 Å². The first-order valence-electron chi connectivity index (χ1n) is 7.94. The third-order valence-corrected chi connectivity index (χ3v) is 4.35. The zero-order chi connectivity index (χ0) is 16.2. The van der Waals surface area contributed by atoms with Crippen LogP contribution in [0.3, 0.4) is 0 Å². The van der Waals surface area contributed by atoms with Crippen molar-refractivity contribution in [1.29, 1.82) is 0 Å². The molecule has 23 heavy (non-hydrogen) atoms. The van der Waals surface area contributed by atoms with Crippen LogP contribution < -0.4 is 9.64 Å². The Morgan fingerprint density at radius 3 is 2.35 bits per heavy atom. The average Bonchev–Trinajstić information content (AvgIpc) is 2.62. The molecule has 1 unspecified atom stereocenters. The number of nitrogens with zero attached hydrogens (tertiary/aromatic N) is 2. The van der Waals surface area contributed by atoms with E-state index in [1.54, 1.807) is 7.11 Å². The van der Waals surface area contributed by atoms with Crippen molar-refractivity contribution in [3.05, 3.63) is 60.2 Å². The van der Waals surface area contributed by atoms with Crippen LogP contribution in [0.5, 0.6) is 5.75 Å². The van der Waals surface area contributed by atoms with Gasteiger partial charge in [0.2, 0.25) is 0 Å². The second kappa shape index (κ2) is 6.73. The number of ether oxygens (including phenoxy) is 1. The van der Waals surface area contributed by atoms with E-state index < -0.39 is 0 Å². The summed E-state index contributed by atoms with van der Waals surface area (Å²) in [6.07, 6.45) is 0. The number of piperazine rings is 1. The zero-order valence-electron chi connectivity index (χ0n) is 13.6. The number of methoxy groups -OCH3 is 1. The maximum atomic E-state index is 12.7. The summed E-state index contributed by atoms with van der Waals surface area (Å²) in [5.41, 5.74) is 1.93. The Kier molecular flexibility index (Phi) is 4.51. The molecule has 0 N–H and O–H groups in total. The van der Waals surface area contributed by atoms with E-state index in [1.165, 1.54) is 5.69 Å². The number of carbonyl (C=O) groups excluding carboxylic acids is 1. The number of rotatable bonds is 3. The topological polar surface area (TPSA) is 32.8 Å². The van der Waals surface area contributed by atoms with E-state index in [9.17, 15) is 4.79 Å². The molecule has 1 fully saturated rings. The van der Waals surface area contributed by atoms with Crippen LogP contribution in [0, 0.1) is 0 Å². The molecule has 4 nitrogen and oxygen atoms in total. The average molecular weight is 310 g/mol. The summed E-state index contributed by atoms with van der Waals surface area (Å²) in [5.74, 6) is 0.858. The van der Waals surface area contributed by atoms with Gasteiger partial charge < -0.3 is 14.5 Å². The van der Waals surface area contributed by atoms with Crippen LogP contribution >= 0.6 is 0 Å². The Morgan fingerprint density at radius 2 is 1.74 bits per heavy atom. The number of carbonyl (C=O) groups is 1. The Hall–Kier alpha value is -2.49. The van der Waals surface area contributed by atoms with Crippen molar-refractivity contribution in [2.24, 2.45) is 0 Å². The van der Waals surface area contributed by atoms with E-state index >= 15 is 0 Å². The van der Waals surface area contributed by atoms with E-state index in [0.717, 1.165) is 25.4 Å². The lowest BCUT2D eigenvalue weighted by Gasteiger charge is -2.41. The van der Waals surface area contributed by atoms with Crippen LogP contribution in [-0.2, 0) is 0 Å². The van der Waals surface area contributed by atoms with E-state index in [1.807, 2.05) is 35.2 Å². The molecule has 0 aromatic heterocycles. The zero-order valence-corrected chi connectivity index (χ0v) is 13.6. The van der Waals surface area contributed by atoms with Gasteiger partial charge in [0.05, 0.1) is 7.11 Å². The fourth-order valence-corrected chi connectivity index (χ4v) is 3.03. The van der Waals surface area contributed by atoms with Crippen molar-refractivity contribution in [3.8, 4) is 5.75 Å². The summed E-state index contributed by atoms with van der Waals surface area (Å²) in [4.78, 5) is 17.0. The van der Waals surface area contributed by atoms with Crippen molar-refractivity contribution < 1.29 is 9.53 Å². The van der Waals surface area contributed by atoms with E-state index in [2.05, 4.69) is 36.1 Å². The first kappa shape index (κ1) is 15.4. The van der Waals surface area contributed by atoms with E-state index in [0.29, 0.717) is 5.56 Å². The summed E-state index contributed by atoms with van der Waals surface area (Å²) >= 11 is 0. The van der Waals surface area contributed by atoms with Crippen LogP contribution in [0.15, 0.2) is 54.6 Å². The highest BCUT2D eigenvalue weighted by Gasteiger charge is 2.28. The largest absolute Gasteiger partial charge is 0.497 e. The number of benzene rings is 2. The first-order valence-corrected chi connectivity index (χ1v) is 7.94. The van der Waals surface area contributed by atoms with Crippen LogP contribution in [0.25, 0.3) is 0 Å². The van der Waals surface area contributed by atoms with Gasteiger partial charge in [0.1, 0.15) is 5.75 Å². The molecule has 1 saturated heterocycles. The molecule has 1 heterocycles. The molecule has 0 spiro atoms. The molecule has 0 saturated carbocycles. The number of para-hydroxylation sites is 1. The molecule has 0 bridgehead atoms. The minimum Gasteiger partial charge on any atom is -0.497 e. The molecule has 1 aliphatic heterocycles. The highest BCUT2D eigenvalue weighted by Crippen LogP contribution is 2.21. The molecule has 3 rings (SSSR count). The highest BCUT2D eigenvalue weighted by molar-refractivity contribution is 5.94. The Labute approximate surface area is 137 Å². The van der Waals surface area contributed by atoms with Crippen molar-refractivity contribution in [2.45, 2.75) is 13.0 Å². The van der Waals surface area contributed by atoms with Crippen molar-refractivity contribution in [2.75, 3.05) is 31.6 Å². The summed E-state index contributed by atoms with van der Waals surface area (Å²) in [7, 11) is 1.63. The minimum absolute atomic E-state index is 0.0906. The standard InChI is InChI=1S/C19H22N2O2/c1-15-14-20(17-6-4-3-5-7-17)12-13-21(15)19(22)16-8-10-18(23-2)11-9-16/h3-11,15H,12-14H2,1-2H3. The van der Waals surface area contributed by atoms with Gasteiger partial charge in [0.15, 0.2) is 0 Å². The molecule has 1 amide bonds. The van der Waals surface area contributed by atoms with Crippen molar-refractivity contribution in [3.63, 3.8) is 0 Å². The summed E-state index contributed by atoms with van der Waals surface area (Å²) in [5, 5.41) is 0. The summed E-state index contributed by atoms with van der Waals surface area (Å²) in [6.45, 7) is 4.56. The van der Waals surface area contributed by atoms with Gasteiger partial charge in [-0.3, -0.25) is 4.79 Å². The molecule has 2 aromatic carbocycles. The minimum atomic E-state index is 0.0906. The van der Waals surface area contributed by atoms with Gasteiger partial charge in [-0.2, -0.15) is 0 Å². The number of hydrogen-bond donors (Lipinski definition) is 0. The SMILES string of the molecule is COc1ccc(C(=O)N2CCN(c3ccccc3)CC2C)cc1. The Morgan fingerprint density at radius 1 is 1.04 bits per heavy atom. The lowest BCUT2D eigenvalue weighted by atomic mass is 10.1. The second-order valence-electron chi connectivity index (χ2n) is 5.86. The van der Waals surface area contributed by atoms with Gasteiger partial charge in [0, 0.05) is 36.9 Å². The number of anilines is 1. The molecule has 1 aliphatic rings. The van der Waals surface area contributed by atoms with Crippen LogP contribution in [0.4, 0.5) is 5.69 Å². The van der Waals surface area contributed by atoms with Gasteiger partial charge in [-0.1, -0.05) is 18.2 Å². The highest BCUT2D eigenvalue weighted by atomic mass is 16.5. The Bertz CT molecular complexity index is 655. The normalized spacial score (nSPS) is 17.9. The van der Waals surface area contributed by atoms with Gasteiger partial charge in [-0.15, -0.1) is 0 Å².